The van der Waals surface area contributed by atoms with Crippen molar-refractivity contribution in [2.24, 2.45) is 0 Å². The van der Waals surface area contributed by atoms with E-state index in [9.17, 15) is 0 Å². The Morgan fingerprint density at radius 1 is 1.25 bits per heavy atom. The molecule has 3 heteroatoms. The van der Waals surface area contributed by atoms with E-state index in [1.807, 2.05) is 0 Å². The molecule has 2 nitrogen and oxygen atoms in total. The van der Waals surface area contributed by atoms with Crippen molar-refractivity contribution in [3.05, 3.63) is 36.3 Å². The number of benzene rings is 1. The van der Waals surface area contributed by atoms with Gasteiger partial charge in [0.1, 0.15) is 5.82 Å². The highest BCUT2D eigenvalue weighted by atomic mass is 32.2. The number of aryl methyl sites for hydroxylation is 2. The average Bonchev–Trinajstić information content (AvgIpc) is 2.89. The van der Waals surface area contributed by atoms with E-state index >= 15 is 0 Å². The molecule has 2 aromatic rings. The van der Waals surface area contributed by atoms with Crippen LogP contribution < -0.4 is 0 Å². The molecule has 0 saturated heterocycles. The van der Waals surface area contributed by atoms with Crippen molar-refractivity contribution in [1.82, 2.24) is 9.55 Å². The molecule has 0 radical (unpaired) electrons. The van der Waals surface area contributed by atoms with Crippen LogP contribution in [0, 0.1) is 0 Å². The van der Waals surface area contributed by atoms with Gasteiger partial charge in [0.2, 0.25) is 0 Å². The molecule has 1 aromatic heterocycles. The summed E-state index contributed by atoms with van der Waals surface area (Å²) in [6.07, 6.45) is 6.65. The molecule has 0 N–H and O–H groups in total. The van der Waals surface area contributed by atoms with Gasteiger partial charge in [-0.2, -0.15) is 0 Å². The van der Waals surface area contributed by atoms with Crippen molar-refractivity contribution in [2.75, 3.05) is 6.26 Å². The second-order valence-corrected chi connectivity index (χ2v) is 4.95. The van der Waals surface area contributed by atoms with Crippen LogP contribution in [0.4, 0.5) is 0 Å². The van der Waals surface area contributed by atoms with Crippen LogP contribution in [0.25, 0.3) is 11.3 Å². The number of thioether (sulfide) groups is 1. The van der Waals surface area contributed by atoms with Crippen molar-refractivity contribution < 1.29 is 0 Å². The summed E-state index contributed by atoms with van der Waals surface area (Å²) < 4.78 is 2.28. The summed E-state index contributed by atoms with van der Waals surface area (Å²) in [6.45, 7) is 1.13. The van der Waals surface area contributed by atoms with Crippen LogP contribution in [-0.4, -0.2) is 15.8 Å². The van der Waals surface area contributed by atoms with E-state index < -0.39 is 0 Å². The molecular formula is C13H14N2S. The van der Waals surface area contributed by atoms with Crippen molar-refractivity contribution in [2.45, 2.75) is 24.3 Å². The van der Waals surface area contributed by atoms with Gasteiger partial charge in [0.05, 0.1) is 5.69 Å². The molecule has 2 heterocycles. The van der Waals surface area contributed by atoms with Gasteiger partial charge in [-0.1, -0.05) is 12.1 Å². The highest BCUT2D eigenvalue weighted by molar-refractivity contribution is 7.98. The number of aromatic nitrogens is 2. The number of nitrogens with zero attached hydrogens (tertiary/aromatic N) is 2. The number of rotatable bonds is 2. The van der Waals surface area contributed by atoms with Gasteiger partial charge in [-0.3, -0.25) is 0 Å². The standard InChI is InChI=1S/C13H14N2S/c1-16-11-6-4-10(5-7-11)12-9-15-8-2-3-13(15)14-12/h4-7,9H,2-3,8H2,1H3. The molecule has 0 atom stereocenters. The van der Waals surface area contributed by atoms with Gasteiger partial charge in [0, 0.05) is 29.6 Å². The van der Waals surface area contributed by atoms with Gasteiger partial charge in [-0.15, -0.1) is 11.8 Å². The summed E-state index contributed by atoms with van der Waals surface area (Å²) in [5, 5.41) is 0. The lowest BCUT2D eigenvalue weighted by molar-refractivity contribution is 0.750. The molecule has 0 fully saturated rings. The predicted octanol–water partition coefficient (Wildman–Crippen LogP) is 3.22. The maximum atomic E-state index is 4.67. The Morgan fingerprint density at radius 2 is 2.06 bits per heavy atom. The molecule has 1 aliphatic heterocycles. The van der Waals surface area contributed by atoms with Crippen LogP contribution in [0.3, 0.4) is 0 Å². The molecule has 3 rings (SSSR count). The van der Waals surface area contributed by atoms with Crippen LogP contribution in [0.5, 0.6) is 0 Å². The van der Waals surface area contributed by atoms with Gasteiger partial charge in [0.15, 0.2) is 0 Å². The summed E-state index contributed by atoms with van der Waals surface area (Å²) in [7, 11) is 0. The third-order valence-electron chi connectivity index (χ3n) is 3.04. The molecular weight excluding hydrogens is 216 g/mol. The van der Waals surface area contributed by atoms with Crippen LogP contribution in [-0.2, 0) is 13.0 Å². The molecule has 0 bridgehead atoms. The van der Waals surface area contributed by atoms with Gasteiger partial charge in [-0.25, -0.2) is 4.98 Å². The normalized spacial score (nSPS) is 14.1. The van der Waals surface area contributed by atoms with Crippen molar-refractivity contribution in [3.63, 3.8) is 0 Å². The van der Waals surface area contributed by atoms with E-state index in [1.165, 1.54) is 22.7 Å². The summed E-state index contributed by atoms with van der Waals surface area (Å²) in [5.74, 6) is 1.24. The van der Waals surface area contributed by atoms with Crippen LogP contribution in [0.15, 0.2) is 35.4 Å². The zero-order chi connectivity index (χ0) is 11.0. The first-order chi connectivity index (χ1) is 7.86. The first kappa shape index (κ1) is 9.97. The van der Waals surface area contributed by atoms with E-state index in [0.717, 1.165) is 18.7 Å². The Morgan fingerprint density at radius 3 is 2.75 bits per heavy atom. The molecule has 1 aromatic carbocycles. The first-order valence-corrected chi connectivity index (χ1v) is 6.80. The van der Waals surface area contributed by atoms with Gasteiger partial charge >= 0.3 is 0 Å². The molecule has 0 amide bonds. The van der Waals surface area contributed by atoms with E-state index in [1.54, 1.807) is 11.8 Å². The van der Waals surface area contributed by atoms with Gasteiger partial charge < -0.3 is 4.57 Å². The zero-order valence-electron chi connectivity index (χ0n) is 9.31. The molecule has 82 valence electrons. The predicted molar refractivity (Wildman–Crippen MR) is 67.8 cm³/mol. The Hall–Kier alpha value is -1.22. The maximum Gasteiger partial charge on any atom is 0.109 e. The Labute approximate surface area is 99.7 Å². The lowest BCUT2D eigenvalue weighted by Crippen LogP contribution is -1.87. The highest BCUT2D eigenvalue weighted by Gasteiger charge is 2.14. The SMILES string of the molecule is CSc1ccc(-c2cn3c(n2)CCC3)cc1. The topological polar surface area (TPSA) is 17.8 Å². The molecule has 0 spiro atoms. The quantitative estimate of drug-likeness (QED) is 0.737. The molecule has 0 unspecified atom stereocenters. The Bertz CT molecular complexity index is 478. The van der Waals surface area contributed by atoms with Crippen molar-refractivity contribution >= 4 is 11.8 Å². The van der Waals surface area contributed by atoms with Crippen LogP contribution in [0.2, 0.25) is 0 Å². The fourth-order valence-electron chi connectivity index (χ4n) is 2.16. The fraction of sp³-hybridized carbons (Fsp3) is 0.308. The van der Waals surface area contributed by atoms with E-state index in [-0.39, 0.29) is 0 Å². The Balaban J connectivity index is 1.95. The van der Waals surface area contributed by atoms with Crippen LogP contribution >= 0.6 is 11.8 Å². The fourth-order valence-corrected chi connectivity index (χ4v) is 2.56. The second kappa shape index (κ2) is 3.98. The summed E-state index contributed by atoms with van der Waals surface area (Å²) in [4.78, 5) is 5.97. The second-order valence-electron chi connectivity index (χ2n) is 4.07. The zero-order valence-corrected chi connectivity index (χ0v) is 10.1. The largest absolute Gasteiger partial charge is 0.334 e. The minimum absolute atomic E-state index is 1.11. The third kappa shape index (κ3) is 1.65. The monoisotopic (exact) mass is 230 g/mol. The lowest BCUT2D eigenvalue weighted by atomic mass is 10.2. The van der Waals surface area contributed by atoms with Crippen molar-refractivity contribution in [3.8, 4) is 11.3 Å². The summed E-state index contributed by atoms with van der Waals surface area (Å²) in [6, 6.07) is 8.63. The summed E-state index contributed by atoms with van der Waals surface area (Å²) in [5.41, 5.74) is 2.34. The molecule has 0 aliphatic carbocycles. The average molecular weight is 230 g/mol. The lowest BCUT2D eigenvalue weighted by Gasteiger charge is -1.99. The van der Waals surface area contributed by atoms with E-state index in [4.69, 9.17) is 0 Å². The number of hydrogen-bond acceptors (Lipinski definition) is 2. The number of hydrogen-bond donors (Lipinski definition) is 0. The van der Waals surface area contributed by atoms with E-state index in [2.05, 4.69) is 46.3 Å². The third-order valence-corrected chi connectivity index (χ3v) is 3.79. The smallest absolute Gasteiger partial charge is 0.109 e. The molecule has 16 heavy (non-hydrogen) atoms. The minimum atomic E-state index is 1.11. The molecule has 0 saturated carbocycles. The minimum Gasteiger partial charge on any atom is -0.334 e. The molecule has 1 aliphatic rings. The first-order valence-electron chi connectivity index (χ1n) is 5.57. The highest BCUT2D eigenvalue weighted by Crippen LogP contribution is 2.24. The number of fused-ring (bicyclic) bond motifs is 1. The van der Waals surface area contributed by atoms with Gasteiger partial charge in [-0.05, 0) is 24.8 Å². The van der Waals surface area contributed by atoms with Gasteiger partial charge in [0.25, 0.3) is 0 Å². The summed E-state index contributed by atoms with van der Waals surface area (Å²) >= 11 is 1.77. The van der Waals surface area contributed by atoms with E-state index in [0.29, 0.717) is 0 Å². The Kier molecular flexibility index (Phi) is 2.48. The number of imidazole rings is 1. The maximum absolute atomic E-state index is 4.67. The van der Waals surface area contributed by atoms with Crippen molar-refractivity contribution in [1.29, 1.82) is 0 Å². The van der Waals surface area contributed by atoms with Crippen LogP contribution in [0.1, 0.15) is 12.2 Å².